The van der Waals surface area contributed by atoms with E-state index in [2.05, 4.69) is 38.1 Å². The lowest BCUT2D eigenvalue weighted by Gasteiger charge is -2.13. The Morgan fingerprint density at radius 2 is 2.00 bits per heavy atom. The van der Waals surface area contributed by atoms with Crippen LogP contribution in [-0.2, 0) is 0 Å². The van der Waals surface area contributed by atoms with Crippen molar-refractivity contribution in [1.29, 1.82) is 0 Å². The Morgan fingerprint density at radius 1 is 1.31 bits per heavy atom. The highest BCUT2D eigenvalue weighted by Gasteiger charge is 2.07. The van der Waals surface area contributed by atoms with Gasteiger partial charge in [-0.05, 0) is 23.8 Å². The summed E-state index contributed by atoms with van der Waals surface area (Å²) in [4.78, 5) is 1.33. The Hall–Kier alpha value is -0.470. The quantitative estimate of drug-likeness (QED) is 0.747. The molecule has 2 N–H and O–H groups in total. The van der Waals surface area contributed by atoms with Gasteiger partial charge < -0.3 is 5.73 Å². The fraction of sp³-hybridized carbons (Fsp3) is 0.455. The van der Waals surface area contributed by atoms with E-state index in [-0.39, 0.29) is 6.04 Å². The van der Waals surface area contributed by atoms with Gasteiger partial charge >= 0.3 is 0 Å². The first-order valence-corrected chi connectivity index (χ1v) is 5.75. The lowest BCUT2D eigenvalue weighted by atomic mass is 10.1. The van der Waals surface area contributed by atoms with E-state index in [9.17, 15) is 0 Å². The van der Waals surface area contributed by atoms with Crippen molar-refractivity contribution in [3.8, 4) is 0 Å². The molecule has 0 amide bonds. The molecule has 0 saturated heterocycles. The number of thioether (sulfide) groups is 1. The summed E-state index contributed by atoms with van der Waals surface area (Å²) >= 11 is 1.87. The van der Waals surface area contributed by atoms with Crippen LogP contribution in [0.5, 0.6) is 0 Å². The zero-order valence-corrected chi connectivity index (χ0v) is 9.10. The number of hydrogen-bond donors (Lipinski definition) is 1. The van der Waals surface area contributed by atoms with Crippen molar-refractivity contribution in [3.63, 3.8) is 0 Å². The zero-order valence-electron chi connectivity index (χ0n) is 8.29. The summed E-state index contributed by atoms with van der Waals surface area (Å²) in [7, 11) is 0. The average molecular weight is 195 g/mol. The lowest BCUT2D eigenvalue weighted by Crippen LogP contribution is -2.09. The van der Waals surface area contributed by atoms with Crippen LogP contribution in [-0.4, -0.2) is 5.75 Å². The van der Waals surface area contributed by atoms with Gasteiger partial charge in [-0.3, -0.25) is 0 Å². The summed E-state index contributed by atoms with van der Waals surface area (Å²) in [6.07, 6.45) is 1.00. The summed E-state index contributed by atoms with van der Waals surface area (Å²) < 4.78 is 0. The normalized spacial score (nSPS) is 12.8. The van der Waals surface area contributed by atoms with Crippen molar-refractivity contribution >= 4 is 11.8 Å². The molecule has 1 aromatic rings. The molecule has 1 unspecified atom stereocenters. The molecule has 13 heavy (non-hydrogen) atoms. The predicted molar refractivity (Wildman–Crippen MR) is 60.1 cm³/mol. The van der Waals surface area contributed by atoms with Crippen LogP contribution in [0.3, 0.4) is 0 Å². The van der Waals surface area contributed by atoms with Crippen molar-refractivity contribution in [3.05, 3.63) is 29.8 Å². The van der Waals surface area contributed by atoms with Crippen LogP contribution in [0.1, 0.15) is 31.9 Å². The maximum Gasteiger partial charge on any atom is 0.0303 e. The molecule has 72 valence electrons. The average Bonchev–Trinajstić information content (AvgIpc) is 2.18. The number of rotatable bonds is 4. The topological polar surface area (TPSA) is 26.0 Å². The molecule has 1 aromatic carbocycles. The lowest BCUT2D eigenvalue weighted by molar-refractivity contribution is 0.686. The maximum atomic E-state index is 6.01. The van der Waals surface area contributed by atoms with E-state index in [1.54, 1.807) is 0 Å². The summed E-state index contributed by atoms with van der Waals surface area (Å²) in [5.74, 6) is 1.10. The molecule has 0 radical (unpaired) electrons. The molecule has 2 heteroatoms. The summed E-state index contributed by atoms with van der Waals surface area (Å²) in [6, 6.07) is 8.61. The zero-order chi connectivity index (χ0) is 9.68. The third-order valence-electron chi connectivity index (χ3n) is 2.06. The molecule has 0 aliphatic rings. The smallest absolute Gasteiger partial charge is 0.0303 e. The molecular formula is C11H17NS. The molecule has 0 aliphatic carbocycles. The largest absolute Gasteiger partial charge is 0.324 e. The van der Waals surface area contributed by atoms with Crippen molar-refractivity contribution in [2.24, 2.45) is 5.73 Å². The minimum atomic E-state index is 0.190. The first-order valence-electron chi connectivity index (χ1n) is 4.76. The van der Waals surface area contributed by atoms with Crippen LogP contribution in [0, 0.1) is 0 Å². The third kappa shape index (κ3) is 2.75. The van der Waals surface area contributed by atoms with E-state index in [1.807, 2.05) is 11.8 Å². The van der Waals surface area contributed by atoms with Gasteiger partial charge in [0.25, 0.3) is 0 Å². The van der Waals surface area contributed by atoms with Gasteiger partial charge in [-0.2, -0.15) is 0 Å². The molecule has 0 spiro atoms. The first-order chi connectivity index (χ1) is 6.29. The molecule has 0 aliphatic heterocycles. The van der Waals surface area contributed by atoms with Crippen molar-refractivity contribution < 1.29 is 0 Å². The van der Waals surface area contributed by atoms with Crippen molar-refractivity contribution in [2.45, 2.75) is 31.2 Å². The molecule has 1 nitrogen and oxygen atoms in total. The van der Waals surface area contributed by atoms with Gasteiger partial charge in [0, 0.05) is 10.9 Å². The maximum absolute atomic E-state index is 6.01. The fourth-order valence-electron chi connectivity index (χ4n) is 1.29. The van der Waals surface area contributed by atoms with E-state index >= 15 is 0 Å². The molecular weight excluding hydrogens is 178 g/mol. The second kappa shape index (κ2) is 5.30. The van der Waals surface area contributed by atoms with Gasteiger partial charge in [-0.1, -0.05) is 32.0 Å². The molecule has 0 heterocycles. The molecule has 0 aromatic heterocycles. The monoisotopic (exact) mass is 195 g/mol. The van der Waals surface area contributed by atoms with E-state index in [4.69, 9.17) is 5.73 Å². The molecule has 0 bridgehead atoms. The van der Waals surface area contributed by atoms with Crippen LogP contribution in [0.25, 0.3) is 0 Å². The van der Waals surface area contributed by atoms with Crippen molar-refractivity contribution in [2.75, 3.05) is 5.75 Å². The van der Waals surface area contributed by atoms with Gasteiger partial charge in [0.05, 0.1) is 0 Å². The van der Waals surface area contributed by atoms with Crippen LogP contribution in [0.15, 0.2) is 29.2 Å². The standard InChI is InChI=1S/C11H17NS/c1-3-10(12)9-7-5-6-8-11(9)13-4-2/h5-8,10H,3-4,12H2,1-2H3. The molecule has 1 rings (SSSR count). The van der Waals surface area contributed by atoms with E-state index in [1.165, 1.54) is 10.5 Å². The number of nitrogens with two attached hydrogens (primary N) is 1. The fourth-order valence-corrected chi connectivity index (χ4v) is 2.17. The Morgan fingerprint density at radius 3 is 2.62 bits per heavy atom. The van der Waals surface area contributed by atoms with Crippen LogP contribution >= 0.6 is 11.8 Å². The Balaban J connectivity index is 2.90. The van der Waals surface area contributed by atoms with Crippen molar-refractivity contribution in [1.82, 2.24) is 0 Å². The summed E-state index contributed by atoms with van der Waals surface area (Å²) in [5, 5.41) is 0. The summed E-state index contributed by atoms with van der Waals surface area (Å²) in [6.45, 7) is 4.29. The van der Waals surface area contributed by atoms with Crippen LogP contribution < -0.4 is 5.73 Å². The van der Waals surface area contributed by atoms with Crippen LogP contribution in [0.4, 0.5) is 0 Å². The van der Waals surface area contributed by atoms with E-state index in [0.717, 1.165) is 12.2 Å². The Labute approximate surface area is 84.7 Å². The van der Waals surface area contributed by atoms with Gasteiger partial charge in [0.15, 0.2) is 0 Å². The van der Waals surface area contributed by atoms with E-state index < -0.39 is 0 Å². The second-order valence-corrected chi connectivity index (χ2v) is 4.29. The predicted octanol–water partition coefficient (Wildman–Crippen LogP) is 3.21. The molecule has 1 atom stereocenters. The highest BCUT2D eigenvalue weighted by molar-refractivity contribution is 7.99. The SMILES string of the molecule is CCSc1ccccc1C(N)CC. The number of benzene rings is 1. The minimum Gasteiger partial charge on any atom is -0.324 e. The van der Waals surface area contributed by atoms with Gasteiger partial charge in [-0.25, -0.2) is 0 Å². The first kappa shape index (κ1) is 10.6. The molecule has 0 saturated carbocycles. The van der Waals surface area contributed by atoms with Gasteiger partial charge in [-0.15, -0.1) is 11.8 Å². The van der Waals surface area contributed by atoms with Gasteiger partial charge in [0.1, 0.15) is 0 Å². The van der Waals surface area contributed by atoms with Crippen LogP contribution in [0.2, 0.25) is 0 Å². The minimum absolute atomic E-state index is 0.190. The highest BCUT2D eigenvalue weighted by Crippen LogP contribution is 2.27. The number of hydrogen-bond acceptors (Lipinski definition) is 2. The highest BCUT2D eigenvalue weighted by atomic mass is 32.2. The second-order valence-electron chi connectivity index (χ2n) is 2.99. The summed E-state index contributed by atoms with van der Waals surface area (Å²) in [5.41, 5.74) is 7.30. The van der Waals surface area contributed by atoms with E-state index in [0.29, 0.717) is 0 Å². The molecule has 0 fully saturated rings. The Bertz CT molecular complexity index is 260. The Kier molecular flexibility index (Phi) is 4.33. The third-order valence-corrected chi connectivity index (χ3v) is 3.03. The van der Waals surface area contributed by atoms with Gasteiger partial charge in [0.2, 0.25) is 0 Å².